The number of nitrogens with zero attached hydrogens (tertiary/aromatic N) is 9. The molecule has 0 bridgehead atoms. The summed E-state index contributed by atoms with van der Waals surface area (Å²) in [4.78, 5) is 21.0. The van der Waals surface area contributed by atoms with E-state index in [1.54, 1.807) is 15.6 Å². The molecule has 196 valence electrons. The monoisotopic (exact) mass is 513 g/mol. The first-order chi connectivity index (χ1) is 18.1. The Kier molecular flexibility index (Phi) is 6.48. The summed E-state index contributed by atoms with van der Waals surface area (Å²) in [5.41, 5.74) is 3.95. The zero-order valence-electron chi connectivity index (χ0n) is 22.3. The maximum Gasteiger partial charge on any atom is 0.410 e. The summed E-state index contributed by atoms with van der Waals surface area (Å²) in [6.07, 6.45) is 6.86. The number of aromatic nitrogens is 6. The standard InChI is InChI=1S/C27H31N9O2/c1-18(2)35-17-23(31-32-35)20-12-22(25-21(13-28)15-30-36(25)16-20)19-6-7-24(29-14-19)33-8-10-34(11-9-33)26(37)38-27(3,4)5/h6-7,12,14-18H,8-11H2,1-5H3. The molecular weight excluding hydrogens is 482 g/mol. The SMILES string of the molecule is CC(C)n1cc(-c2cc(-c3ccc(N4CCN(C(=O)OC(C)(C)C)CC4)nc3)c3c(C#N)cnn3c2)nn1. The third-order valence-electron chi connectivity index (χ3n) is 6.38. The van der Waals surface area contributed by atoms with E-state index in [0.717, 1.165) is 28.2 Å². The molecule has 38 heavy (non-hydrogen) atoms. The van der Waals surface area contributed by atoms with E-state index in [0.29, 0.717) is 37.3 Å². The van der Waals surface area contributed by atoms with Crippen molar-refractivity contribution in [1.82, 2.24) is 34.5 Å². The molecule has 0 aromatic carbocycles. The number of hydrogen-bond donors (Lipinski definition) is 0. The van der Waals surface area contributed by atoms with Gasteiger partial charge in [0.05, 0.1) is 23.5 Å². The number of amides is 1. The third kappa shape index (κ3) is 5.02. The van der Waals surface area contributed by atoms with Crippen LogP contribution in [0.4, 0.5) is 10.6 Å². The summed E-state index contributed by atoms with van der Waals surface area (Å²) in [5, 5.41) is 22.7. The molecule has 4 aromatic heterocycles. The maximum absolute atomic E-state index is 12.4. The fraction of sp³-hybridized carbons (Fsp3) is 0.407. The number of fused-ring (bicyclic) bond motifs is 1. The molecule has 4 aromatic rings. The summed E-state index contributed by atoms with van der Waals surface area (Å²) in [5.74, 6) is 0.832. The average molecular weight is 514 g/mol. The fourth-order valence-corrected chi connectivity index (χ4v) is 4.40. The Labute approximate surface area is 221 Å². The van der Waals surface area contributed by atoms with Crippen LogP contribution in [0.3, 0.4) is 0 Å². The van der Waals surface area contributed by atoms with Crippen molar-refractivity contribution in [3.05, 3.63) is 48.5 Å². The molecule has 0 unspecified atom stereocenters. The largest absolute Gasteiger partial charge is 0.444 e. The first-order valence-electron chi connectivity index (χ1n) is 12.7. The number of hydrogen-bond acceptors (Lipinski definition) is 8. The van der Waals surface area contributed by atoms with Gasteiger partial charge < -0.3 is 14.5 Å². The highest BCUT2D eigenvalue weighted by atomic mass is 16.6. The number of ether oxygens (including phenoxy) is 1. The Balaban J connectivity index is 1.40. The predicted molar refractivity (Wildman–Crippen MR) is 143 cm³/mol. The van der Waals surface area contributed by atoms with Gasteiger partial charge in [0.2, 0.25) is 0 Å². The zero-order chi connectivity index (χ0) is 27.0. The van der Waals surface area contributed by atoms with Crippen molar-refractivity contribution in [2.24, 2.45) is 0 Å². The van der Waals surface area contributed by atoms with Crippen LogP contribution in [0.1, 0.15) is 46.2 Å². The van der Waals surface area contributed by atoms with Crippen molar-refractivity contribution in [2.45, 2.75) is 46.3 Å². The molecule has 11 heteroatoms. The molecule has 5 rings (SSSR count). The van der Waals surface area contributed by atoms with E-state index < -0.39 is 5.60 Å². The quantitative estimate of drug-likeness (QED) is 0.399. The molecule has 1 fully saturated rings. The van der Waals surface area contributed by atoms with E-state index in [2.05, 4.69) is 26.4 Å². The number of piperazine rings is 1. The Hall–Kier alpha value is -4.46. The van der Waals surface area contributed by atoms with Gasteiger partial charge in [-0.05, 0) is 52.8 Å². The van der Waals surface area contributed by atoms with Gasteiger partial charge in [0.15, 0.2) is 0 Å². The topological polar surface area (TPSA) is 117 Å². The van der Waals surface area contributed by atoms with E-state index in [-0.39, 0.29) is 12.1 Å². The summed E-state index contributed by atoms with van der Waals surface area (Å²) in [6, 6.07) is 8.41. The Bertz CT molecular complexity index is 1500. The molecule has 1 aliphatic heterocycles. The molecule has 0 atom stereocenters. The summed E-state index contributed by atoms with van der Waals surface area (Å²) in [7, 11) is 0. The molecule has 0 N–H and O–H groups in total. The van der Waals surface area contributed by atoms with Crippen LogP contribution in [0.2, 0.25) is 0 Å². The maximum atomic E-state index is 12.4. The molecule has 1 saturated heterocycles. The Morgan fingerprint density at radius 1 is 1.08 bits per heavy atom. The van der Waals surface area contributed by atoms with E-state index in [1.807, 2.05) is 76.1 Å². The third-order valence-corrected chi connectivity index (χ3v) is 6.38. The van der Waals surface area contributed by atoms with Crippen LogP contribution in [-0.2, 0) is 4.74 Å². The average Bonchev–Trinajstić information content (AvgIpc) is 3.55. The second-order valence-electron chi connectivity index (χ2n) is 10.6. The van der Waals surface area contributed by atoms with Gasteiger partial charge in [-0.15, -0.1) is 5.10 Å². The van der Waals surface area contributed by atoms with E-state index in [4.69, 9.17) is 9.72 Å². The number of carbonyl (C=O) groups is 1. The molecule has 0 saturated carbocycles. The number of anilines is 1. The van der Waals surface area contributed by atoms with Gasteiger partial charge in [-0.3, -0.25) is 0 Å². The first kappa shape index (κ1) is 25.2. The van der Waals surface area contributed by atoms with Crippen molar-refractivity contribution in [1.29, 1.82) is 5.26 Å². The molecule has 0 spiro atoms. The van der Waals surface area contributed by atoms with E-state index in [9.17, 15) is 10.1 Å². The molecule has 11 nitrogen and oxygen atoms in total. The molecule has 0 radical (unpaired) electrons. The number of pyridine rings is 2. The van der Waals surface area contributed by atoms with Gasteiger partial charge in [-0.2, -0.15) is 10.4 Å². The van der Waals surface area contributed by atoms with Crippen LogP contribution in [0.5, 0.6) is 0 Å². The second-order valence-corrected chi connectivity index (χ2v) is 10.6. The normalized spacial score (nSPS) is 14.2. The molecule has 5 heterocycles. The molecule has 0 aliphatic carbocycles. The smallest absolute Gasteiger partial charge is 0.410 e. The second kappa shape index (κ2) is 9.78. The lowest BCUT2D eigenvalue weighted by Crippen LogP contribution is -2.50. The van der Waals surface area contributed by atoms with E-state index in [1.165, 1.54) is 0 Å². The van der Waals surface area contributed by atoms with Crippen molar-refractivity contribution >= 4 is 17.4 Å². The van der Waals surface area contributed by atoms with Gasteiger partial charge in [0, 0.05) is 61.3 Å². The highest BCUT2D eigenvalue weighted by molar-refractivity contribution is 5.87. The molecule has 1 aliphatic rings. The van der Waals surface area contributed by atoms with Crippen LogP contribution in [0.25, 0.3) is 27.9 Å². The number of nitriles is 1. The van der Waals surface area contributed by atoms with Crippen LogP contribution < -0.4 is 4.90 Å². The zero-order valence-corrected chi connectivity index (χ0v) is 22.3. The molecular formula is C27H31N9O2. The minimum absolute atomic E-state index is 0.192. The number of carbonyl (C=O) groups excluding carboxylic acids is 1. The van der Waals surface area contributed by atoms with Crippen LogP contribution in [-0.4, -0.2) is 72.4 Å². The number of rotatable bonds is 4. The van der Waals surface area contributed by atoms with Crippen molar-refractivity contribution < 1.29 is 9.53 Å². The summed E-state index contributed by atoms with van der Waals surface area (Å²) in [6.45, 7) is 12.2. The van der Waals surface area contributed by atoms with Gasteiger partial charge in [-0.25, -0.2) is 19.0 Å². The minimum Gasteiger partial charge on any atom is -0.444 e. The van der Waals surface area contributed by atoms with Gasteiger partial charge in [-0.1, -0.05) is 5.21 Å². The lowest BCUT2D eigenvalue weighted by molar-refractivity contribution is 0.0240. The summed E-state index contributed by atoms with van der Waals surface area (Å²) < 4.78 is 9.02. The van der Waals surface area contributed by atoms with Crippen LogP contribution in [0, 0.1) is 11.3 Å². The lowest BCUT2D eigenvalue weighted by Gasteiger charge is -2.36. The van der Waals surface area contributed by atoms with Crippen LogP contribution >= 0.6 is 0 Å². The van der Waals surface area contributed by atoms with Gasteiger partial charge in [0.1, 0.15) is 23.2 Å². The van der Waals surface area contributed by atoms with Crippen molar-refractivity contribution in [2.75, 3.05) is 31.1 Å². The molecule has 1 amide bonds. The van der Waals surface area contributed by atoms with Gasteiger partial charge >= 0.3 is 6.09 Å². The van der Waals surface area contributed by atoms with Crippen molar-refractivity contribution in [3.63, 3.8) is 0 Å². The predicted octanol–water partition coefficient (Wildman–Crippen LogP) is 4.16. The van der Waals surface area contributed by atoms with Gasteiger partial charge in [0.25, 0.3) is 0 Å². The highest BCUT2D eigenvalue weighted by Crippen LogP contribution is 2.32. The highest BCUT2D eigenvalue weighted by Gasteiger charge is 2.26. The first-order valence-corrected chi connectivity index (χ1v) is 12.7. The lowest BCUT2D eigenvalue weighted by atomic mass is 10.0. The van der Waals surface area contributed by atoms with Crippen LogP contribution in [0.15, 0.2) is 43.0 Å². The van der Waals surface area contributed by atoms with E-state index >= 15 is 0 Å². The Morgan fingerprint density at radius 2 is 1.84 bits per heavy atom. The summed E-state index contributed by atoms with van der Waals surface area (Å²) >= 11 is 0. The fourth-order valence-electron chi connectivity index (χ4n) is 4.40. The van der Waals surface area contributed by atoms with Crippen molar-refractivity contribution in [3.8, 4) is 28.5 Å². The minimum atomic E-state index is -0.514. The Morgan fingerprint density at radius 3 is 2.45 bits per heavy atom.